The van der Waals surface area contributed by atoms with Crippen molar-refractivity contribution in [1.82, 2.24) is 14.8 Å². The van der Waals surface area contributed by atoms with Gasteiger partial charge in [-0.2, -0.15) is 5.10 Å². The predicted molar refractivity (Wildman–Crippen MR) is 113 cm³/mol. The molecule has 4 nitrogen and oxygen atoms in total. The van der Waals surface area contributed by atoms with Crippen molar-refractivity contribution in [3.63, 3.8) is 0 Å². The fourth-order valence-electron chi connectivity index (χ4n) is 4.10. The number of hydrogen-bond donors (Lipinski definition) is 0. The standard InChI is InChI=1S/C23H26ClN3O/c1-15-14-28-23(3,4)16(2)22(15)19-13-20(17-8-10-18(24)11-9-17)27(26-19)21-7-5-6-12-25-21/h5-13,15-16,22H,14H2,1-4H3. The monoisotopic (exact) mass is 395 g/mol. The first kappa shape index (κ1) is 19.2. The maximum absolute atomic E-state index is 6.10. The second-order valence-corrected chi connectivity index (χ2v) is 8.70. The second kappa shape index (κ2) is 7.34. The summed E-state index contributed by atoms with van der Waals surface area (Å²) >= 11 is 6.10. The third-order valence-electron chi connectivity index (χ3n) is 6.04. The van der Waals surface area contributed by atoms with Crippen LogP contribution in [-0.2, 0) is 4.74 Å². The van der Waals surface area contributed by atoms with Gasteiger partial charge in [0.05, 0.1) is 23.6 Å². The Kier molecular flexibility index (Phi) is 5.02. The first-order chi connectivity index (χ1) is 13.4. The van der Waals surface area contributed by atoms with Gasteiger partial charge in [0.1, 0.15) is 0 Å². The lowest BCUT2D eigenvalue weighted by Crippen LogP contribution is -2.45. The van der Waals surface area contributed by atoms with Crippen LogP contribution in [0.4, 0.5) is 0 Å². The van der Waals surface area contributed by atoms with E-state index in [1.165, 1.54) is 0 Å². The van der Waals surface area contributed by atoms with E-state index < -0.39 is 0 Å². The van der Waals surface area contributed by atoms with Crippen LogP contribution in [0, 0.1) is 11.8 Å². The minimum Gasteiger partial charge on any atom is -0.375 e. The van der Waals surface area contributed by atoms with Crippen LogP contribution in [0.2, 0.25) is 5.02 Å². The smallest absolute Gasteiger partial charge is 0.153 e. The molecule has 3 heterocycles. The van der Waals surface area contributed by atoms with Gasteiger partial charge >= 0.3 is 0 Å². The highest BCUT2D eigenvalue weighted by Gasteiger charge is 2.42. The van der Waals surface area contributed by atoms with E-state index >= 15 is 0 Å². The third-order valence-corrected chi connectivity index (χ3v) is 6.29. The molecule has 0 N–H and O–H groups in total. The molecule has 1 fully saturated rings. The Morgan fingerprint density at radius 2 is 1.86 bits per heavy atom. The molecule has 28 heavy (non-hydrogen) atoms. The topological polar surface area (TPSA) is 39.9 Å². The third kappa shape index (κ3) is 3.47. The van der Waals surface area contributed by atoms with E-state index in [0.717, 1.165) is 34.4 Å². The molecule has 3 unspecified atom stereocenters. The van der Waals surface area contributed by atoms with Gasteiger partial charge in [-0.25, -0.2) is 9.67 Å². The van der Waals surface area contributed by atoms with E-state index in [9.17, 15) is 0 Å². The van der Waals surface area contributed by atoms with Crippen LogP contribution in [0.15, 0.2) is 54.7 Å². The molecule has 0 radical (unpaired) electrons. The summed E-state index contributed by atoms with van der Waals surface area (Å²) in [6, 6.07) is 16.0. The quantitative estimate of drug-likeness (QED) is 0.566. The van der Waals surface area contributed by atoms with Crippen LogP contribution in [0.1, 0.15) is 39.3 Å². The van der Waals surface area contributed by atoms with Crippen molar-refractivity contribution < 1.29 is 4.74 Å². The number of pyridine rings is 1. The summed E-state index contributed by atoms with van der Waals surface area (Å²) in [6.07, 6.45) is 1.80. The fraction of sp³-hybridized carbons (Fsp3) is 0.391. The molecule has 3 aromatic rings. The van der Waals surface area contributed by atoms with Crippen LogP contribution in [0.3, 0.4) is 0 Å². The average molecular weight is 396 g/mol. The van der Waals surface area contributed by atoms with Crippen molar-refractivity contribution >= 4 is 11.6 Å². The summed E-state index contributed by atoms with van der Waals surface area (Å²) in [5, 5.41) is 5.76. The average Bonchev–Trinajstić information content (AvgIpc) is 3.12. The van der Waals surface area contributed by atoms with Gasteiger partial charge < -0.3 is 4.74 Å². The Balaban J connectivity index is 1.85. The molecule has 1 aliphatic rings. The predicted octanol–water partition coefficient (Wildman–Crippen LogP) is 5.75. The molecule has 1 aliphatic heterocycles. The van der Waals surface area contributed by atoms with Crippen LogP contribution in [0.5, 0.6) is 0 Å². The minimum absolute atomic E-state index is 0.174. The second-order valence-electron chi connectivity index (χ2n) is 8.27. The summed E-state index contributed by atoms with van der Waals surface area (Å²) in [5.74, 6) is 1.87. The summed E-state index contributed by atoms with van der Waals surface area (Å²) < 4.78 is 8.04. The molecule has 5 heteroatoms. The Hall–Kier alpha value is -2.17. The lowest BCUT2D eigenvalue weighted by molar-refractivity contribution is -0.121. The van der Waals surface area contributed by atoms with E-state index in [1.807, 2.05) is 47.1 Å². The first-order valence-corrected chi connectivity index (χ1v) is 10.2. The molecular formula is C23H26ClN3O. The van der Waals surface area contributed by atoms with Gasteiger partial charge in [-0.3, -0.25) is 0 Å². The van der Waals surface area contributed by atoms with Gasteiger partial charge in [0, 0.05) is 22.7 Å². The highest BCUT2D eigenvalue weighted by Crippen LogP contribution is 2.44. The van der Waals surface area contributed by atoms with E-state index in [4.69, 9.17) is 21.4 Å². The first-order valence-electron chi connectivity index (χ1n) is 9.78. The van der Waals surface area contributed by atoms with Crippen molar-refractivity contribution in [2.24, 2.45) is 11.8 Å². The van der Waals surface area contributed by atoms with Gasteiger partial charge in [-0.1, -0.05) is 43.6 Å². The Morgan fingerprint density at radius 3 is 2.54 bits per heavy atom. The van der Waals surface area contributed by atoms with Crippen molar-refractivity contribution in [1.29, 1.82) is 0 Å². The lowest BCUT2D eigenvalue weighted by atomic mass is 9.71. The van der Waals surface area contributed by atoms with Gasteiger partial charge in [0.25, 0.3) is 0 Å². The summed E-state index contributed by atoms with van der Waals surface area (Å²) in [4.78, 5) is 4.53. The minimum atomic E-state index is -0.174. The number of halogens is 1. The number of nitrogens with zero attached hydrogens (tertiary/aromatic N) is 3. The Bertz CT molecular complexity index is 950. The fourth-order valence-corrected chi connectivity index (χ4v) is 4.22. The molecule has 146 valence electrons. The molecule has 0 bridgehead atoms. The maximum atomic E-state index is 6.10. The highest BCUT2D eigenvalue weighted by molar-refractivity contribution is 6.30. The van der Waals surface area contributed by atoms with E-state index in [0.29, 0.717) is 17.8 Å². The summed E-state index contributed by atoms with van der Waals surface area (Å²) in [7, 11) is 0. The number of aromatic nitrogens is 3. The maximum Gasteiger partial charge on any atom is 0.153 e. The van der Waals surface area contributed by atoms with Gasteiger partial charge in [0.15, 0.2) is 5.82 Å². The van der Waals surface area contributed by atoms with Crippen LogP contribution in [0.25, 0.3) is 17.1 Å². The van der Waals surface area contributed by atoms with Gasteiger partial charge in [-0.15, -0.1) is 0 Å². The highest BCUT2D eigenvalue weighted by atomic mass is 35.5. The van der Waals surface area contributed by atoms with Crippen LogP contribution in [-0.4, -0.2) is 27.0 Å². The summed E-state index contributed by atoms with van der Waals surface area (Å²) in [6.45, 7) is 9.60. The molecule has 0 aliphatic carbocycles. The van der Waals surface area contributed by atoms with Crippen molar-refractivity contribution in [3.05, 3.63) is 65.4 Å². The molecule has 2 aromatic heterocycles. The van der Waals surface area contributed by atoms with Crippen molar-refractivity contribution in [2.75, 3.05) is 6.61 Å². The molecule has 4 rings (SSSR count). The Labute approximate surface area is 171 Å². The Morgan fingerprint density at radius 1 is 1.11 bits per heavy atom. The molecule has 0 saturated carbocycles. The zero-order valence-electron chi connectivity index (χ0n) is 16.8. The van der Waals surface area contributed by atoms with Gasteiger partial charge in [0.2, 0.25) is 0 Å². The molecule has 3 atom stereocenters. The number of benzene rings is 1. The lowest BCUT2D eigenvalue weighted by Gasteiger charge is -2.44. The molecule has 1 aromatic carbocycles. The van der Waals surface area contributed by atoms with E-state index in [-0.39, 0.29) is 5.60 Å². The molecule has 0 amide bonds. The molecule has 1 saturated heterocycles. The molecule has 0 spiro atoms. The van der Waals surface area contributed by atoms with Crippen LogP contribution >= 0.6 is 11.6 Å². The molecular weight excluding hydrogens is 370 g/mol. The number of rotatable bonds is 3. The normalized spacial score (nSPS) is 24.2. The zero-order chi connectivity index (χ0) is 19.9. The number of ether oxygens (including phenoxy) is 1. The summed E-state index contributed by atoms with van der Waals surface area (Å²) in [5.41, 5.74) is 3.01. The van der Waals surface area contributed by atoms with Crippen molar-refractivity contribution in [2.45, 2.75) is 39.2 Å². The van der Waals surface area contributed by atoms with E-state index in [1.54, 1.807) is 6.20 Å². The number of hydrogen-bond acceptors (Lipinski definition) is 3. The van der Waals surface area contributed by atoms with Gasteiger partial charge in [-0.05, 0) is 56.0 Å². The van der Waals surface area contributed by atoms with E-state index in [2.05, 4.69) is 38.7 Å². The SMILES string of the molecule is CC1COC(C)(C)C(C)C1c1cc(-c2ccc(Cl)cc2)n(-c2ccccn2)n1. The largest absolute Gasteiger partial charge is 0.375 e. The van der Waals surface area contributed by atoms with Crippen LogP contribution < -0.4 is 0 Å². The zero-order valence-corrected chi connectivity index (χ0v) is 17.5. The van der Waals surface area contributed by atoms with Crippen molar-refractivity contribution in [3.8, 4) is 17.1 Å².